The molecule has 11 heteroatoms. The summed E-state index contributed by atoms with van der Waals surface area (Å²) in [6, 6.07) is 39.9. The fraction of sp³-hybridized carbons (Fsp3) is 0.420. The lowest BCUT2D eigenvalue weighted by molar-refractivity contribution is -0.181. The van der Waals surface area contributed by atoms with E-state index in [9.17, 15) is 4.79 Å². The van der Waals surface area contributed by atoms with Crippen LogP contribution in [0.25, 0.3) is 0 Å². The van der Waals surface area contributed by atoms with E-state index < -0.39 is 32.7 Å². The molecule has 326 valence electrons. The van der Waals surface area contributed by atoms with Crippen molar-refractivity contribution in [2.45, 2.75) is 109 Å². The average molecular weight is 851 g/mol. The zero-order valence-corrected chi connectivity index (χ0v) is 37.5. The maximum Gasteiger partial charge on any atom is 0.250 e. The molecule has 1 saturated heterocycles. The number of benzene rings is 4. The van der Waals surface area contributed by atoms with Crippen LogP contribution in [0.15, 0.2) is 144 Å². The van der Waals surface area contributed by atoms with Crippen molar-refractivity contribution in [3.63, 3.8) is 0 Å². The third-order valence-electron chi connectivity index (χ3n) is 11.2. The number of ketones is 1. The van der Waals surface area contributed by atoms with Gasteiger partial charge >= 0.3 is 0 Å². The smallest absolute Gasteiger partial charge is 0.250 e. The maximum atomic E-state index is 14.3. The van der Waals surface area contributed by atoms with E-state index in [0.717, 1.165) is 22.3 Å². The summed E-state index contributed by atoms with van der Waals surface area (Å²) >= 11 is 0. The quantitative estimate of drug-likeness (QED) is 0.0432. The highest BCUT2D eigenvalue weighted by atomic mass is 28.4. The Kier molecular flexibility index (Phi) is 16.8. The molecule has 0 spiro atoms. The van der Waals surface area contributed by atoms with Crippen molar-refractivity contribution in [2.75, 3.05) is 27.1 Å². The fourth-order valence-corrected chi connectivity index (χ4v) is 7.84. The van der Waals surface area contributed by atoms with Crippen LogP contribution in [0.3, 0.4) is 0 Å². The average Bonchev–Trinajstić information content (AvgIpc) is 3.26. The van der Waals surface area contributed by atoms with E-state index in [0.29, 0.717) is 49.3 Å². The molecule has 10 nitrogen and oxygen atoms in total. The highest BCUT2D eigenvalue weighted by molar-refractivity contribution is 6.74. The molecule has 0 aliphatic carbocycles. The number of hydrogen-bond donors (Lipinski definition) is 0. The summed E-state index contributed by atoms with van der Waals surface area (Å²) in [7, 11) is -0.977. The van der Waals surface area contributed by atoms with Crippen LogP contribution in [0.2, 0.25) is 18.1 Å². The predicted molar refractivity (Wildman–Crippen MR) is 236 cm³/mol. The Balaban J connectivity index is 1.35. The van der Waals surface area contributed by atoms with Crippen LogP contribution < -0.4 is 0 Å². The molecule has 0 bridgehead atoms. The standard InChI is InChI=1S/C50H62O10Si/c1-50(2,3)61(5,6)60-48-45(30-43-41(51)29-44(55-32-38-21-13-8-14-22-38)46(59-43)35-54-31-37-19-11-7-12-20-37)58-42(27-28-53-36-52-4)47(56-33-39-23-15-9-16-24-39)49(48)57-34-40-25-17-10-18-26-40/h7-26,43-46H,27-36H2,1-6H3/t43-,44-,45+,46+/m0/s1. The summed E-state index contributed by atoms with van der Waals surface area (Å²) in [5.41, 5.74) is 4.01. The molecule has 4 aromatic carbocycles. The minimum atomic E-state index is -2.56. The van der Waals surface area contributed by atoms with Crippen LogP contribution in [0.5, 0.6) is 0 Å². The first kappa shape index (κ1) is 45.8. The van der Waals surface area contributed by atoms with Gasteiger partial charge in [-0.1, -0.05) is 142 Å². The van der Waals surface area contributed by atoms with E-state index in [1.54, 1.807) is 7.11 Å². The van der Waals surface area contributed by atoms with Gasteiger partial charge in [0.05, 0.1) is 32.5 Å². The first-order chi connectivity index (χ1) is 29.5. The molecule has 2 aliphatic rings. The Morgan fingerprint density at radius 3 is 1.74 bits per heavy atom. The van der Waals surface area contributed by atoms with Gasteiger partial charge in [0.1, 0.15) is 38.0 Å². The molecular weight excluding hydrogens is 789 g/mol. The highest BCUT2D eigenvalue weighted by Crippen LogP contribution is 2.44. The number of hydrogen-bond acceptors (Lipinski definition) is 10. The molecule has 0 N–H and O–H groups in total. The van der Waals surface area contributed by atoms with Crippen molar-refractivity contribution < 1.29 is 47.1 Å². The Bertz CT molecular complexity index is 2000. The third kappa shape index (κ3) is 13.4. The van der Waals surface area contributed by atoms with Gasteiger partial charge in [0.15, 0.2) is 17.6 Å². The van der Waals surface area contributed by atoms with E-state index >= 15 is 0 Å². The summed E-state index contributed by atoms with van der Waals surface area (Å²) in [5, 5.41) is -0.181. The number of carbonyl (C=O) groups is 1. The zero-order valence-electron chi connectivity index (χ0n) is 36.5. The monoisotopic (exact) mass is 850 g/mol. The van der Waals surface area contributed by atoms with Crippen molar-refractivity contribution >= 4 is 14.1 Å². The molecule has 1 fully saturated rings. The largest absolute Gasteiger partial charge is 0.541 e. The molecule has 2 aliphatic heterocycles. The van der Waals surface area contributed by atoms with Crippen molar-refractivity contribution in [1.29, 1.82) is 0 Å². The number of carbonyl (C=O) groups excluding carboxylic acids is 1. The van der Waals surface area contributed by atoms with Crippen LogP contribution in [-0.4, -0.2) is 65.6 Å². The molecule has 2 heterocycles. The lowest BCUT2D eigenvalue weighted by Gasteiger charge is -2.42. The third-order valence-corrected chi connectivity index (χ3v) is 15.5. The Morgan fingerprint density at radius 1 is 0.672 bits per heavy atom. The molecule has 61 heavy (non-hydrogen) atoms. The molecule has 0 unspecified atom stereocenters. The summed E-state index contributed by atoms with van der Waals surface area (Å²) in [6.07, 6.45) is -1.98. The lowest BCUT2D eigenvalue weighted by Crippen LogP contribution is -2.50. The van der Waals surface area contributed by atoms with Gasteiger partial charge in [-0.2, -0.15) is 0 Å². The molecule has 4 atom stereocenters. The van der Waals surface area contributed by atoms with Crippen molar-refractivity contribution in [1.82, 2.24) is 0 Å². The van der Waals surface area contributed by atoms with Gasteiger partial charge in [0.25, 0.3) is 0 Å². The predicted octanol–water partition coefficient (Wildman–Crippen LogP) is 10.2. The molecule has 4 aromatic rings. The van der Waals surface area contributed by atoms with Crippen molar-refractivity contribution in [2.24, 2.45) is 0 Å². The van der Waals surface area contributed by atoms with Crippen LogP contribution >= 0.6 is 0 Å². The Morgan fingerprint density at radius 2 is 1.20 bits per heavy atom. The fourth-order valence-electron chi connectivity index (χ4n) is 6.76. The number of ether oxygens (including phenoxy) is 8. The van der Waals surface area contributed by atoms with Gasteiger partial charge in [-0.15, -0.1) is 0 Å². The normalized spacial score (nSPS) is 19.7. The second-order valence-corrected chi connectivity index (χ2v) is 21.7. The van der Waals surface area contributed by atoms with Crippen LogP contribution in [-0.2, 0) is 73.5 Å². The van der Waals surface area contributed by atoms with Crippen molar-refractivity contribution in [3.8, 4) is 0 Å². The van der Waals surface area contributed by atoms with E-state index in [1.807, 2.05) is 121 Å². The SMILES string of the molecule is COCOCCC1=C(OCc2ccccc2)C(OCc2ccccc2)=C(O[Si](C)(C)C(C)(C)C)[C@@H](C[C@@H]2O[C@H](COCc3ccccc3)[C@@H](OCc3ccccc3)CC2=O)O1. The van der Waals surface area contributed by atoms with E-state index in [2.05, 4.69) is 33.9 Å². The number of methoxy groups -OCH3 is 1. The molecule has 6 rings (SSSR count). The lowest BCUT2D eigenvalue weighted by atomic mass is 9.94. The Labute approximate surface area is 362 Å². The number of Topliss-reactive ketones (excluding diaryl/α,β-unsaturated/α-hetero) is 1. The van der Waals surface area contributed by atoms with Gasteiger partial charge in [-0.25, -0.2) is 0 Å². The summed E-state index contributed by atoms with van der Waals surface area (Å²) in [5.74, 6) is 1.81. The molecular formula is C50H62O10Si. The van der Waals surface area contributed by atoms with Gasteiger partial charge < -0.3 is 42.3 Å². The summed E-state index contributed by atoms with van der Waals surface area (Å²) in [6.45, 7) is 12.8. The zero-order chi connectivity index (χ0) is 43.1. The first-order valence-electron chi connectivity index (χ1n) is 21.2. The highest BCUT2D eigenvalue weighted by Gasteiger charge is 2.47. The first-order valence-corrected chi connectivity index (χ1v) is 24.1. The van der Waals surface area contributed by atoms with Gasteiger partial charge in [-0.3, -0.25) is 4.79 Å². The second kappa shape index (κ2) is 22.4. The van der Waals surface area contributed by atoms with Gasteiger partial charge in [-0.05, 0) is 40.4 Å². The van der Waals surface area contributed by atoms with Gasteiger partial charge in [0.2, 0.25) is 19.8 Å². The second-order valence-electron chi connectivity index (χ2n) is 16.9. The van der Waals surface area contributed by atoms with E-state index in [4.69, 9.17) is 42.3 Å². The van der Waals surface area contributed by atoms with Crippen LogP contribution in [0, 0.1) is 0 Å². The Hall–Kier alpha value is -4.75. The molecule has 0 aromatic heterocycles. The minimum absolute atomic E-state index is 0.0838. The molecule has 0 amide bonds. The van der Waals surface area contributed by atoms with Crippen molar-refractivity contribution in [3.05, 3.63) is 167 Å². The minimum Gasteiger partial charge on any atom is -0.541 e. The molecule has 0 radical (unpaired) electrons. The summed E-state index contributed by atoms with van der Waals surface area (Å²) < 4.78 is 58.1. The topological polar surface area (TPSA) is 100 Å². The molecule has 0 saturated carbocycles. The summed E-state index contributed by atoms with van der Waals surface area (Å²) in [4.78, 5) is 14.3. The van der Waals surface area contributed by atoms with E-state index in [1.165, 1.54) is 0 Å². The van der Waals surface area contributed by atoms with Gasteiger partial charge in [0, 0.05) is 26.4 Å². The van der Waals surface area contributed by atoms with Crippen LogP contribution in [0.1, 0.15) is 62.3 Å². The van der Waals surface area contributed by atoms with Crippen LogP contribution in [0.4, 0.5) is 0 Å². The van der Waals surface area contributed by atoms with E-state index in [-0.39, 0.29) is 50.3 Å². The number of rotatable bonds is 22. The maximum absolute atomic E-state index is 14.3.